The second-order valence-corrected chi connectivity index (χ2v) is 5.22. The molecule has 0 radical (unpaired) electrons. The Balaban J connectivity index is 2.01. The van der Waals surface area contributed by atoms with Gasteiger partial charge in [-0.3, -0.25) is 0 Å². The van der Waals surface area contributed by atoms with Crippen LogP contribution in [0, 0.1) is 0 Å². The minimum Gasteiger partial charge on any atom is -0.315 e. The monoisotopic (exact) mass is 216 g/mol. The molecule has 2 heterocycles. The molecule has 0 aromatic heterocycles. The zero-order valence-electron chi connectivity index (χ0n) is 9.95. The minimum atomic E-state index is 0.418. The Hall–Kier alpha value is -0.860. The molecule has 2 aliphatic heterocycles. The number of likely N-dealkylation sites (N-methyl/N-ethyl adjacent to an activating group) is 1. The second kappa shape index (κ2) is 3.86. The summed E-state index contributed by atoms with van der Waals surface area (Å²) in [5.41, 5.74) is 1.97. The lowest BCUT2D eigenvalue weighted by Crippen LogP contribution is -2.53. The van der Waals surface area contributed by atoms with E-state index in [1.165, 1.54) is 25.9 Å². The molecule has 1 aromatic rings. The van der Waals surface area contributed by atoms with Crippen molar-refractivity contribution in [3.05, 3.63) is 35.9 Å². The lowest BCUT2D eigenvalue weighted by atomic mass is 9.70. The van der Waals surface area contributed by atoms with Crippen molar-refractivity contribution in [2.45, 2.75) is 24.3 Å². The summed E-state index contributed by atoms with van der Waals surface area (Å²) in [7, 11) is 2.27. The first-order valence-corrected chi connectivity index (χ1v) is 6.29. The lowest BCUT2D eigenvalue weighted by Gasteiger charge is -2.42. The largest absolute Gasteiger partial charge is 0.315 e. The van der Waals surface area contributed by atoms with Crippen molar-refractivity contribution in [1.29, 1.82) is 0 Å². The van der Waals surface area contributed by atoms with Crippen LogP contribution in [0.2, 0.25) is 0 Å². The Morgan fingerprint density at radius 1 is 1.25 bits per heavy atom. The third-order valence-electron chi connectivity index (χ3n) is 4.51. The Morgan fingerprint density at radius 2 is 2.06 bits per heavy atom. The molecule has 0 amide bonds. The van der Waals surface area contributed by atoms with Crippen LogP contribution in [-0.2, 0) is 5.41 Å². The van der Waals surface area contributed by atoms with Gasteiger partial charge in [0.25, 0.3) is 0 Å². The molecule has 86 valence electrons. The fourth-order valence-electron chi connectivity index (χ4n) is 3.56. The maximum Gasteiger partial charge on any atom is 0.0315 e. The zero-order valence-corrected chi connectivity index (χ0v) is 9.95. The van der Waals surface area contributed by atoms with E-state index < -0.39 is 0 Å². The van der Waals surface area contributed by atoms with Gasteiger partial charge < -0.3 is 10.2 Å². The normalized spacial score (nSPS) is 34.9. The summed E-state index contributed by atoms with van der Waals surface area (Å²) in [6.07, 6.45) is 2.60. The van der Waals surface area contributed by atoms with Crippen LogP contribution >= 0.6 is 0 Å². The van der Waals surface area contributed by atoms with E-state index in [1.54, 1.807) is 5.56 Å². The van der Waals surface area contributed by atoms with Crippen molar-refractivity contribution in [2.24, 2.45) is 0 Å². The summed E-state index contributed by atoms with van der Waals surface area (Å²) < 4.78 is 0. The number of likely N-dealkylation sites (tertiary alicyclic amines) is 1. The molecule has 1 aromatic carbocycles. The van der Waals surface area contributed by atoms with Crippen LogP contribution in [-0.4, -0.2) is 37.6 Å². The number of hydrogen-bond donors (Lipinski definition) is 1. The number of rotatable bonds is 1. The SMILES string of the molecule is CN1CC[C@@]2(c3ccccc3)CCNC[C@@H]12. The number of benzene rings is 1. The third kappa shape index (κ3) is 1.40. The molecule has 2 aliphatic rings. The topological polar surface area (TPSA) is 15.3 Å². The molecule has 3 rings (SSSR count). The highest BCUT2D eigenvalue weighted by atomic mass is 15.2. The van der Waals surface area contributed by atoms with E-state index in [9.17, 15) is 0 Å². The van der Waals surface area contributed by atoms with E-state index in [2.05, 4.69) is 47.6 Å². The van der Waals surface area contributed by atoms with Gasteiger partial charge in [0.05, 0.1) is 0 Å². The van der Waals surface area contributed by atoms with Gasteiger partial charge in [-0.05, 0) is 38.5 Å². The van der Waals surface area contributed by atoms with E-state index in [1.807, 2.05) is 0 Å². The number of nitrogens with zero attached hydrogens (tertiary/aromatic N) is 1. The molecule has 16 heavy (non-hydrogen) atoms. The molecule has 1 N–H and O–H groups in total. The summed E-state index contributed by atoms with van der Waals surface area (Å²) in [5, 5.41) is 3.54. The number of hydrogen-bond acceptors (Lipinski definition) is 2. The van der Waals surface area contributed by atoms with Crippen molar-refractivity contribution in [3.63, 3.8) is 0 Å². The van der Waals surface area contributed by atoms with Gasteiger partial charge in [-0.25, -0.2) is 0 Å². The van der Waals surface area contributed by atoms with Gasteiger partial charge in [0, 0.05) is 18.0 Å². The number of fused-ring (bicyclic) bond motifs is 1. The highest BCUT2D eigenvalue weighted by molar-refractivity contribution is 5.31. The molecule has 0 aliphatic carbocycles. The summed E-state index contributed by atoms with van der Waals surface area (Å²) in [5.74, 6) is 0. The van der Waals surface area contributed by atoms with Crippen molar-refractivity contribution in [1.82, 2.24) is 10.2 Å². The van der Waals surface area contributed by atoms with Gasteiger partial charge in [-0.1, -0.05) is 30.3 Å². The molecular formula is C14H20N2. The molecule has 2 saturated heterocycles. The molecular weight excluding hydrogens is 196 g/mol. The summed E-state index contributed by atoms with van der Waals surface area (Å²) in [6.45, 7) is 3.55. The van der Waals surface area contributed by atoms with Crippen LogP contribution in [0.3, 0.4) is 0 Å². The van der Waals surface area contributed by atoms with Crippen LogP contribution < -0.4 is 5.32 Å². The average molecular weight is 216 g/mol. The first-order chi connectivity index (χ1) is 7.83. The predicted molar refractivity (Wildman–Crippen MR) is 66.6 cm³/mol. The first-order valence-electron chi connectivity index (χ1n) is 6.29. The van der Waals surface area contributed by atoms with Gasteiger partial charge in [-0.2, -0.15) is 0 Å². The van der Waals surface area contributed by atoms with Crippen LogP contribution in [0.15, 0.2) is 30.3 Å². The van der Waals surface area contributed by atoms with Crippen molar-refractivity contribution in [3.8, 4) is 0 Å². The minimum absolute atomic E-state index is 0.418. The van der Waals surface area contributed by atoms with E-state index >= 15 is 0 Å². The second-order valence-electron chi connectivity index (χ2n) is 5.22. The van der Waals surface area contributed by atoms with E-state index in [-0.39, 0.29) is 0 Å². The molecule has 0 unspecified atom stereocenters. The maximum absolute atomic E-state index is 3.54. The van der Waals surface area contributed by atoms with Crippen LogP contribution in [0.5, 0.6) is 0 Å². The smallest absolute Gasteiger partial charge is 0.0315 e. The van der Waals surface area contributed by atoms with Crippen LogP contribution in [0.25, 0.3) is 0 Å². The van der Waals surface area contributed by atoms with Gasteiger partial charge >= 0.3 is 0 Å². The van der Waals surface area contributed by atoms with Crippen LogP contribution in [0.1, 0.15) is 18.4 Å². The van der Waals surface area contributed by atoms with Crippen LogP contribution in [0.4, 0.5) is 0 Å². The molecule has 0 bridgehead atoms. The van der Waals surface area contributed by atoms with Crippen molar-refractivity contribution in [2.75, 3.05) is 26.7 Å². The van der Waals surface area contributed by atoms with Gasteiger partial charge in [-0.15, -0.1) is 0 Å². The Labute approximate surface area is 97.6 Å². The van der Waals surface area contributed by atoms with E-state index in [0.717, 1.165) is 6.54 Å². The quantitative estimate of drug-likeness (QED) is 0.767. The van der Waals surface area contributed by atoms with Gasteiger partial charge in [0.2, 0.25) is 0 Å². The third-order valence-corrected chi connectivity index (χ3v) is 4.51. The molecule has 2 nitrogen and oxygen atoms in total. The fraction of sp³-hybridized carbons (Fsp3) is 0.571. The first kappa shape index (κ1) is 10.3. The Morgan fingerprint density at radius 3 is 2.88 bits per heavy atom. The predicted octanol–water partition coefficient (Wildman–Crippen LogP) is 1.62. The highest BCUT2D eigenvalue weighted by Gasteiger charge is 2.47. The standard InChI is InChI=1S/C14H20N2/c1-16-10-8-14(7-9-15-11-13(14)16)12-5-3-2-4-6-12/h2-6,13,15H,7-11H2,1H3/t13-,14-/m1/s1. The molecule has 0 spiro atoms. The highest BCUT2D eigenvalue weighted by Crippen LogP contribution is 2.43. The molecule has 2 heteroatoms. The maximum atomic E-state index is 3.54. The zero-order chi connectivity index (χ0) is 11.0. The van der Waals surface area contributed by atoms with Crippen molar-refractivity contribution < 1.29 is 0 Å². The molecule has 2 atom stereocenters. The summed E-state index contributed by atoms with van der Waals surface area (Å²) >= 11 is 0. The summed E-state index contributed by atoms with van der Waals surface area (Å²) in [6, 6.07) is 11.8. The van der Waals surface area contributed by atoms with Crippen molar-refractivity contribution >= 4 is 0 Å². The lowest BCUT2D eigenvalue weighted by molar-refractivity contribution is 0.196. The summed E-state index contributed by atoms with van der Waals surface area (Å²) in [4.78, 5) is 2.53. The van der Waals surface area contributed by atoms with E-state index in [0.29, 0.717) is 11.5 Å². The van der Waals surface area contributed by atoms with Gasteiger partial charge in [0.15, 0.2) is 0 Å². The van der Waals surface area contributed by atoms with E-state index in [4.69, 9.17) is 0 Å². The van der Waals surface area contributed by atoms with Gasteiger partial charge in [0.1, 0.15) is 0 Å². The fourth-order valence-corrected chi connectivity index (χ4v) is 3.56. The number of piperidine rings is 1. The molecule has 2 fully saturated rings. The Kier molecular flexibility index (Phi) is 2.49. The average Bonchev–Trinajstić information content (AvgIpc) is 2.70. The number of nitrogens with one attached hydrogen (secondary N) is 1. The Bertz CT molecular complexity index is 358. The molecule has 0 saturated carbocycles.